The molecule has 0 spiro atoms. The van der Waals surface area contributed by atoms with Crippen LogP contribution in [0, 0.1) is 0 Å². The van der Waals surface area contributed by atoms with Gasteiger partial charge in [0.25, 0.3) is 0 Å². The molecule has 0 radical (unpaired) electrons. The number of carbonyl (C=O) groups is 1. The van der Waals surface area contributed by atoms with E-state index in [4.69, 9.17) is 10.5 Å². The molecule has 22 heavy (non-hydrogen) atoms. The smallest absolute Gasteiger partial charge is 0.237 e. The second-order valence-electron chi connectivity index (χ2n) is 5.90. The molecule has 1 saturated carbocycles. The van der Waals surface area contributed by atoms with Crippen molar-refractivity contribution in [1.29, 1.82) is 0 Å². The molecule has 2 rings (SSSR count). The van der Waals surface area contributed by atoms with Crippen LogP contribution in [-0.2, 0) is 10.3 Å². The van der Waals surface area contributed by atoms with Gasteiger partial charge in [-0.25, -0.2) is 0 Å². The molecule has 3 N–H and O–H groups in total. The number of nitrogens with two attached hydrogens (primary N) is 1. The molecule has 5 heteroatoms. The van der Waals surface area contributed by atoms with Crippen LogP contribution >= 0.6 is 12.4 Å². The Kier molecular flexibility index (Phi) is 7.17. The molecule has 4 nitrogen and oxygen atoms in total. The number of carbonyl (C=O) groups excluding carboxylic acids is 1. The number of benzene rings is 1. The molecule has 1 aromatic rings. The van der Waals surface area contributed by atoms with Crippen LogP contribution in [0.2, 0.25) is 0 Å². The topological polar surface area (TPSA) is 64.4 Å². The van der Waals surface area contributed by atoms with E-state index in [0.29, 0.717) is 0 Å². The molecule has 1 aliphatic rings. The average Bonchev–Trinajstić information content (AvgIpc) is 2.97. The van der Waals surface area contributed by atoms with E-state index in [2.05, 4.69) is 17.4 Å². The zero-order valence-corrected chi connectivity index (χ0v) is 14.2. The van der Waals surface area contributed by atoms with Gasteiger partial charge in [0, 0.05) is 0 Å². The zero-order chi connectivity index (χ0) is 15.3. The maximum absolute atomic E-state index is 12.3. The van der Waals surface area contributed by atoms with E-state index in [1.165, 1.54) is 0 Å². The molecule has 0 heterocycles. The summed E-state index contributed by atoms with van der Waals surface area (Å²) in [4.78, 5) is 12.3. The highest BCUT2D eigenvalue weighted by atomic mass is 35.5. The van der Waals surface area contributed by atoms with Gasteiger partial charge in [-0.15, -0.1) is 12.4 Å². The van der Waals surface area contributed by atoms with Crippen LogP contribution in [0.1, 0.15) is 51.0 Å². The van der Waals surface area contributed by atoms with Crippen LogP contribution in [-0.4, -0.2) is 19.1 Å². The maximum atomic E-state index is 12.3. The van der Waals surface area contributed by atoms with Crippen molar-refractivity contribution in [3.63, 3.8) is 0 Å². The van der Waals surface area contributed by atoms with Crippen molar-refractivity contribution in [3.8, 4) is 5.75 Å². The van der Waals surface area contributed by atoms with Gasteiger partial charge in [-0.2, -0.15) is 0 Å². The normalized spacial score (nSPS) is 17.4. The van der Waals surface area contributed by atoms with E-state index < -0.39 is 6.04 Å². The van der Waals surface area contributed by atoms with Crippen LogP contribution in [0.3, 0.4) is 0 Å². The lowest BCUT2D eigenvalue weighted by molar-refractivity contribution is -0.124. The highest BCUT2D eigenvalue weighted by Crippen LogP contribution is 2.39. The van der Waals surface area contributed by atoms with Gasteiger partial charge in [-0.05, 0) is 37.0 Å². The first-order valence-corrected chi connectivity index (χ1v) is 7.83. The van der Waals surface area contributed by atoms with Crippen LogP contribution in [0.15, 0.2) is 24.3 Å². The monoisotopic (exact) mass is 326 g/mol. The molecule has 1 aromatic carbocycles. The summed E-state index contributed by atoms with van der Waals surface area (Å²) in [7, 11) is 1.66. The minimum atomic E-state index is -0.411. The van der Waals surface area contributed by atoms with Crippen molar-refractivity contribution >= 4 is 18.3 Å². The fourth-order valence-corrected chi connectivity index (χ4v) is 3.15. The van der Waals surface area contributed by atoms with Crippen molar-refractivity contribution in [2.24, 2.45) is 5.73 Å². The van der Waals surface area contributed by atoms with Gasteiger partial charge in [0.15, 0.2) is 0 Å². The fourth-order valence-electron chi connectivity index (χ4n) is 3.15. The standard InChI is InChI=1S/C17H26N2O2.ClH/c1-3-6-15(18)16(20)19-17(11-4-5-12-17)13-7-9-14(21-2)10-8-13;/h7-10,15H,3-6,11-12,18H2,1-2H3,(H,19,20);1H. The number of methoxy groups -OCH3 is 1. The summed E-state index contributed by atoms with van der Waals surface area (Å²) in [6, 6.07) is 7.60. The highest BCUT2D eigenvalue weighted by molar-refractivity contribution is 5.85. The first kappa shape index (κ1) is 18.8. The van der Waals surface area contributed by atoms with E-state index in [0.717, 1.165) is 49.8 Å². The molecular weight excluding hydrogens is 300 g/mol. The van der Waals surface area contributed by atoms with Gasteiger partial charge < -0.3 is 15.8 Å². The molecule has 1 aliphatic carbocycles. The average molecular weight is 327 g/mol. The molecule has 1 amide bonds. The van der Waals surface area contributed by atoms with Crippen LogP contribution in [0.25, 0.3) is 0 Å². The number of hydrogen-bond acceptors (Lipinski definition) is 3. The van der Waals surface area contributed by atoms with E-state index in [1.807, 2.05) is 19.1 Å². The van der Waals surface area contributed by atoms with Gasteiger partial charge in [0.05, 0.1) is 18.7 Å². The quantitative estimate of drug-likeness (QED) is 0.844. The van der Waals surface area contributed by atoms with Gasteiger partial charge >= 0.3 is 0 Å². The summed E-state index contributed by atoms with van der Waals surface area (Å²) in [5, 5.41) is 3.23. The first-order chi connectivity index (χ1) is 10.1. The van der Waals surface area contributed by atoms with Gasteiger partial charge in [0.1, 0.15) is 5.75 Å². The molecular formula is C17H27ClN2O2. The lowest BCUT2D eigenvalue weighted by Crippen LogP contribution is -2.50. The molecule has 0 aromatic heterocycles. The lowest BCUT2D eigenvalue weighted by Gasteiger charge is -2.32. The number of rotatable bonds is 6. The summed E-state index contributed by atoms with van der Waals surface area (Å²) in [6.45, 7) is 2.04. The maximum Gasteiger partial charge on any atom is 0.237 e. The first-order valence-electron chi connectivity index (χ1n) is 7.83. The van der Waals surface area contributed by atoms with Crippen molar-refractivity contribution in [2.75, 3.05) is 7.11 Å². The van der Waals surface area contributed by atoms with Gasteiger partial charge in [0.2, 0.25) is 5.91 Å². The Hall–Kier alpha value is -1.26. The van der Waals surface area contributed by atoms with Crippen molar-refractivity contribution in [3.05, 3.63) is 29.8 Å². The van der Waals surface area contributed by atoms with Crippen LogP contribution < -0.4 is 15.8 Å². The predicted octanol–water partition coefficient (Wildman–Crippen LogP) is 3.13. The third kappa shape index (κ3) is 4.14. The second-order valence-corrected chi connectivity index (χ2v) is 5.90. The molecule has 124 valence electrons. The summed E-state index contributed by atoms with van der Waals surface area (Å²) in [5.74, 6) is 0.801. The van der Waals surface area contributed by atoms with E-state index in [9.17, 15) is 4.79 Å². The largest absolute Gasteiger partial charge is 0.497 e. The predicted molar refractivity (Wildman–Crippen MR) is 91.4 cm³/mol. The van der Waals surface area contributed by atoms with Crippen molar-refractivity contribution < 1.29 is 9.53 Å². The number of nitrogens with one attached hydrogen (secondary N) is 1. The van der Waals surface area contributed by atoms with Gasteiger partial charge in [-0.3, -0.25) is 4.79 Å². The van der Waals surface area contributed by atoms with Crippen LogP contribution in [0.5, 0.6) is 5.75 Å². The number of hydrogen-bond donors (Lipinski definition) is 2. The Bertz CT molecular complexity index is 470. The molecule has 1 unspecified atom stereocenters. The SMILES string of the molecule is CCCC(N)C(=O)NC1(c2ccc(OC)cc2)CCCC1.Cl. The second kappa shape index (κ2) is 8.39. The summed E-state index contributed by atoms with van der Waals surface area (Å²) >= 11 is 0. The lowest BCUT2D eigenvalue weighted by atomic mass is 9.87. The summed E-state index contributed by atoms with van der Waals surface area (Å²) in [5.41, 5.74) is 6.85. The molecule has 1 fully saturated rings. The molecule has 0 aliphatic heterocycles. The third-order valence-electron chi connectivity index (χ3n) is 4.40. The Morgan fingerprint density at radius 3 is 2.41 bits per heavy atom. The Morgan fingerprint density at radius 2 is 1.91 bits per heavy atom. The third-order valence-corrected chi connectivity index (χ3v) is 4.40. The van der Waals surface area contributed by atoms with Crippen molar-refractivity contribution in [2.45, 2.75) is 57.0 Å². The van der Waals surface area contributed by atoms with E-state index in [-0.39, 0.29) is 23.9 Å². The van der Waals surface area contributed by atoms with Gasteiger partial charge in [-0.1, -0.05) is 38.3 Å². The number of ether oxygens (including phenoxy) is 1. The zero-order valence-electron chi connectivity index (χ0n) is 13.4. The summed E-state index contributed by atoms with van der Waals surface area (Å²) in [6.07, 6.45) is 5.87. The molecule has 1 atom stereocenters. The molecule has 0 bridgehead atoms. The van der Waals surface area contributed by atoms with E-state index >= 15 is 0 Å². The minimum Gasteiger partial charge on any atom is -0.497 e. The fraction of sp³-hybridized carbons (Fsp3) is 0.588. The Labute approximate surface area is 139 Å². The van der Waals surface area contributed by atoms with Crippen LogP contribution in [0.4, 0.5) is 0 Å². The van der Waals surface area contributed by atoms with E-state index in [1.54, 1.807) is 7.11 Å². The highest BCUT2D eigenvalue weighted by Gasteiger charge is 2.37. The molecule has 0 saturated heterocycles. The van der Waals surface area contributed by atoms with Crippen molar-refractivity contribution in [1.82, 2.24) is 5.32 Å². The minimum absolute atomic E-state index is 0. The number of amides is 1. The Morgan fingerprint density at radius 1 is 1.32 bits per heavy atom. The Balaban J connectivity index is 0.00000242. The summed E-state index contributed by atoms with van der Waals surface area (Å²) < 4.78 is 5.21. The number of halogens is 1.